The molecule has 0 aliphatic rings. The molecule has 102 valence electrons. The highest BCUT2D eigenvalue weighted by molar-refractivity contribution is 5.32. The van der Waals surface area contributed by atoms with Crippen LogP contribution in [0.4, 0.5) is 13.2 Å². The average molecular weight is 264 g/mol. The number of rotatable bonds is 3. The maximum atomic E-state index is 12.3. The van der Waals surface area contributed by atoms with Crippen molar-refractivity contribution in [3.8, 4) is 5.75 Å². The Morgan fingerprint density at radius 3 is 2.39 bits per heavy atom. The summed E-state index contributed by atoms with van der Waals surface area (Å²) in [5, 5.41) is 9.58. The molecule has 1 N–H and O–H groups in total. The highest BCUT2D eigenvalue weighted by Crippen LogP contribution is 2.25. The molecule has 0 fully saturated rings. The predicted molar refractivity (Wildman–Crippen MR) is 60.5 cm³/mol. The van der Waals surface area contributed by atoms with Crippen molar-refractivity contribution in [2.75, 3.05) is 14.1 Å². The van der Waals surface area contributed by atoms with Crippen molar-refractivity contribution in [3.05, 3.63) is 27.7 Å². The Balaban J connectivity index is 3.25. The molecule has 0 amide bonds. The summed E-state index contributed by atoms with van der Waals surface area (Å²) < 4.78 is 38.1. The Kier molecular flexibility index (Phi) is 4.05. The van der Waals surface area contributed by atoms with Gasteiger partial charge in [0.15, 0.2) is 5.75 Å². The molecule has 18 heavy (non-hydrogen) atoms. The molecule has 0 unspecified atom stereocenters. The number of hydrogen-bond acceptors (Lipinski definition) is 3. The lowest BCUT2D eigenvalue weighted by molar-refractivity contribution is -0.128. The molecular weight excluding hydrogens is 249 g/mol. The lowest BCUT2D eigenvalue weighted by Crippen LogP contribution is -2.24. The Labute approximate surface area is 102 Å². The molecule has 0 radical (unpaired) electrons. The fourth-order valence-electron chi connectivity index (χ4n) is 1.67. The van der Waals surface area contributed by atoms with Crippen LogP contribution in [0.3, 0.4) is 0 Å². The first-order valence-corrected chi connectivity index (χ1v) is 5.23. The summed E-state index contributed by atoms with van der Waals surface area (Å²) >= 11 is 0. The van der Waals surface area contributed by atoms with E-state index < -0.39 is 29.5 Å². The van der Waals surface area contributed by atoms with Crippen molar-refractivity contribution >= 4 is 0 Å². The minimum Gasteiger partial charge on any atom is -0.503 e. The van der Waals surface area contributed by atoms with Gasteiger partial charge in [0.25, 0.3) is 0 Å². The molecule has 1 heterocycles. The van der Waals surface area contributed by atoms with Gasteiger partial charge in [0.05, 0.1) is 12.1 Å². The Morgan fingerprint density at radius 1 is 1.39 bits per heavy atom. The normalized spacial score (nSPS) is 12.2. The number of nitrogens with zero attached hydrogens (tertiary/aromatic N) is 2. The van der Waals surface area contributed by atoms with Crippen molar-refractivity contribution in [3.63, 3.8) is 0 Å². The summed E-state index contributed by atoms with van der Waals surface area (Å²) in [5.41, 5.74) is -0.915. The average Bonchev–Trinajstić information content (AvgIpc) is 2.19. The van der Waals surface area contributed by atoms with Crippen LogP contribution in [0.25, 0.3) is 0 Å². The van der Waals surface area contributed by atoms with E-state index in [1.165, 1.54) is 13.2 Å². The molecule has 1 aromatic rings. The van der Waals surface area contributed by atoms with Crippen LogP contribution in [-0.2, 0) is 20.0 Å². The van der Waals surface area contributed by atoms with E-state index in [0.29, 0.717) is 0 Å². The second-order valence-corrected chi connectivity index (χ2v) is 4.42. The minimum atomic E-state index is -4.47. The van der Waals surface area contributed by atoms with Crippen molar-refractivity contribution in [1.82, 2.24) is 9.47 Å². The van der Waals surface area contributed by atoms with Crippen molar-refractivity contribution in [2.45, 2.75) is 19.1 Å². The van der Waals surface area contributed by atoms with Gasteiger partial charge in [-0.25, -0.2) is 0 Å². The van der Waals surface area contributed by atoms with Crippen molar-refractivity contribution in [2.24, 2.45) is 7.05 Å². The summed E-state index contributed by atoms with van der Waals surface area (Å²) in [6, 6.07) is 0. The number of aryl methyl sites for hydroxylation is 1. The van der Waals surface area contributed by atoms with E-state index in [4.69, 9.17) is 0 Å². The van der Waals surface area contributed by atoms with E-state index in [9.17, 15) is 23.1 Å². The first-order chi connectivity index (χ1) is 8.11. The number of aromatic nitrogens is 1. The Bertz CT molecular complexity index is 492. The topological polar surface area (TPSA) is 45.5 Å². The van der Waals surface area contributed by atoms with E-state index in [0.717, 1.165) is 4.57 Å². The summed E-state index contributed by atoms with van der Waals surface area (Å²) in [4.78, 5) is 13.4. The van der Waals surface area contributed by atoms with E-state index in [-0.39, 0.29) is 12.1 Å². The van der Waals surface area contributed by atoms with Crippen LogP contribution in [0.2, 0.25) is 0 Å². The maximum absolute atomic E-state index is 12.3. The fraction of sp³-hybridized carbons (Fsp3) is 0.545. The van der Waals surface area contributed by atoms with Gasteiger partial charge in [0, 0.05) is 25.4 Å². The van der Waals surface area contributed by atoms with E-state index >= 15 is 0 Å². The molecule has 0 spiro atoms. The van der Waals surface area contributed by atoms with Crippen LogP contribution in [0.1, 0.15) is 11.3 Å². The molecule has 1 aromatic heterocycles. The number of halogens is 3. The molecule has 7 heteroatoms. The lowest BCUT2D eigenvalue weighted by atomic mass is 10.1. The summed E-state index contributed by atoms with van der Waals surface area (Å²) in [6.45, 7) is 0.256. The van der Waals surface area contributed by atoms with Crippen LogP contribution in [0.5, 0.6) is 5.75 Å². The molecule has 4 nitrogen and oxygen atoms in total. The Morgan fingerprint density at radius 2 is 1.94 bits per heavy atom. The monoisotopic (exact) mass is 264 g/mol. The van der Waals surface area contributed by atoms with Gasteiger partial charge in [-0.05, 0) is 14.1 Å². The van der Waals surface area contributed by atoms with Gasteiger partial charge in [-0.2, -0.15) is 13.2 Å². The van der Waals surface area contributed by atoms with Gasteiger partial charge in [-0.1, -0.05) is 0 Å². The molecule has 0 atom stereocenters. The van der Waals surface area contributed by atoms with Gasteiger partial charge in [0.1, 0.15) is 0 Å². The predicted octanol–water partition coefficient (Wildman–Crippen LogP) is 1.26. The second kappa shape index (κ2) is 5.01. The largest absolute Gasteiger partial charge is 0.503 e. The molecule has 0 aliphatic carbocycles. The van der Waals surface area contributed by atoms with Crippen LogP contribution < -0.4 is 5.43 Å². The molecule has 0 aliphatic heterocycles. The lowest BCUT2D eigenvalue weighted by Gasteiger charge is -2.16. The number of alkyl halides is 3. The molecule has 1 rings (SSSR count). The maximum Gasteiger partial charge on any atom is 0.394 e. The zero-order valence-electron chi connectivity index (χ0n) is 10.4. The number of hydrogen-bond donors (Lipinski definition) is 1. The van der Waals surface area contributed by atoms with Gasteiger partial charge in [-0.3, -0.25) is 4.79 Å². The van der Waals surface area contributed by atoms with Crippen molar-refractivity contribution in [1.29, 1.82) is 0 Å². The van der Waals surface area contributed by atoms with Gasteiger partial charge < -0.3 is 14.6 Å². The third kappa shape index (κ3) is 3.49. The zero-order valence-corrected chi connectivity index (χ0v) is 10.4. The van der Waals surface area contributed by atoms with E-state index in [1.54, 1.807) is 19.0 Å². The van der Waals surface area contributed by atoms with Gasteiger partial charge in [-0.15, -0.1) is 0 Å². The molecule has 0 aromatic carbocycles. The quantitative estimate of drug-likeness (QED) is 0.894. The highest BCUT2D eigenvalue weighted by Gasteiger charge is 2.31. The van der Waals surface area contributed by atoms with Gasteiger partial charge >= 0.3 is 6.18 Å². The standard InChI is InChI=1S/C11H15F3N2O2/c1-15(2)5-7-6-16(3)8(4-11(12,13)14)10(18)9(7)17/h6,18H,4-5H2,1-3H3. The molecule has 0 saturated carbocycles. The van der Waals surface area contributed by atoms with Gasteiger partial charge in [0.2, 0.25) is 5.43 Å². The smallest absolute Gasteiger partial charge is 0.394 e. The first kappa shape index (κ1) is 14.6. The minimum absolute atomic E-state index is 0.255. The Hall–Kier alpha value is -1.50. The summed E-state index contributed by atoms with van der Waals surface area (Å²) in [5.74, 6) is -0.825. The molecular formula is C11H15F3N2O2. The van der Waals surface area contributed by atoms with E-state index in [2.05, 4.69) is 0 Å². The SMILES string of the molecule is CN(C)Cc1cn(C)c(CC(F)(F)F)c(O)c1=O. The van der Waals surface area contributed by atoms with Crippen LogP contribution >= 0.6 is 0 Å². The second-order valence-electron chi connectivity index (χ2n) is 4.42. The van der Waals surface area contributed by atoms with Crippen LogP contribution in [-0.4, -0.2) is 34.8 Å². The molecule has 0 bridgehead atoms. The first-order valence-electron chi connectivity index (χ1n) is 5.23. The third-order valence-electron chi connectivity index (χ3n) is 2.41. The van der Waals surface area contributed by atoms with Crippen LogP contribution in [0, 0.1) is 0 Å². The van der Waals surface area contributed by atoms with Crippen molar-refractivity contribution < 1.29 is 18.3 Å². The molecule has 0 saturated heterocycles. The highest BCUT2D eigenvalue weighted by atomic mass is 19.4. The summed E-state index contributed by atoms with van der Waals surface area (Å²) in [7, 11) is 4.82. The van der Waals surface area contributed by atoms with Crippen LogP contribution in [0.15, 0.2) is 11.0 Å². The van der Waals surface area contributed by atoms with E-state index in [1.807, 2.05) is 0 Å². The zero-order chi connectivity index (χ0) is 14.1. The number of pyridine rings is 1. The summed E-state index contributed by atoms with van der Waals surface area (Å²) in [6.07, 6.45) is -4.47. The third-order valence-corrected chi connectivity index (χ3v) is 2.41. The fourth-order valence-corrected chi connectivity index (χ4v) is 1.67. The number of aromatic hydroxyl groups is 1.